The summed E-state index contributed by atoms with van der Waals surface area (Å²) in [5.41, 5.74) is 1.03. The first kappa shape index (κ1) is 18.8. The summed E-state index contributed by atoms with van der Waals surface area (Å²) in [7, 11) is 1.54. The molecule has 0 saturated carbocycles. The first-order valence-corrected chi connectivity index (χ1v) is 9.45. The van der Waals surface area contributed by atoms with Crippen molar-refractivity contribution < 1.29 is 19.1 Å². The molecule has 0 spiro atoms. The molecule has 9 nitrogen and oxygen atoms in total. The van der Waals surface area contributed by atoms with Gasteiger partial charge in [-0.2, -0.15) is 8.75 Å². The second-order valence-electron chi connectivity index (χ2n) is 6.66. The van der Waals surface area contributed by atoms with Gasteiger partial charge in [-0.15, -0.1) is 0 Å². The quantitative estimate of drug-likeness (QED) is 0.622. The van der Waals surface area contributed by atoms with Crippen LogP contribution < -0.4 is 15.4 Å². The first-order valence-electron chi connectivity index (χ1n) is 8.72. The molecule has 3 aromatic rings. The standard InChI is InChI=1S/C19H17N5O4S/c1-19(11-6-8-12(28-2)9-7-11)17(26)24(18(27)21-19)10-15(25)20-13-4-3-5-14-16(13)23-29-22-14/h3-9H,10H2,1-2H3,(H,20,25)(H,21,27)/t19-/m1/s1. The van der Waals surface area contributed by atoms with E-state index in [-0.39, 0.29) is 0 Å². The number of urea groups is 1. The van der Waals surface area contributed by atoms with Crippen LogP contribution in [-0.2, 0) is 15.1 Å². The molecule has 1 fully saturated rings. The molecule has 2 N–H and O–H groups in total. The van der Waals surface area contributed by atoms with Gasteiger partial charge in [0, 0.05) is 0 Å². The number of nitrogens with one attached hydrogen (secondary N) is 2. The zero-order valence-corrected chi connectivity index (χ0v) is 16.4. The van der Waals surface area contributed by atoms with Crippen molar-refractivity contribution in [2.75, 3.05) is 19.0 Å². The van der Waals surface area contributed by atoms with Crippen LogP contribution in [0.25, 0.3) is 11.0 Å². The Balaban J connectivity index is 1.51. The van der Waals surface area contributed by atoms with E-state index in [1.165, 1.54) is 0 Å². The van der Waals surface area contributed by atoms with Crippen LogP contribution in [-0.4, -0.2) is 45.1 Å². The number of ether oxygens (including phenoxy) is 1. The van der Waals surface area contributed by atoms with Crippen LogP contribution >= 0.6 is 11.7 Å². The first-order chi connectivity index (χ1) is 13.9. The largest absolute Gasteiger partial charge is 0.497 e. The number of hydrogen-bond donors (Lipinski definition) is 2. The molecule has 4 amide bonds. The molecule has 0 aliphatic carbocycles. The minimum absolute atomic E-state index is 0.412. The molecule has 2 heterocycles. The van der Waals surface area contributed by atoms with Gasteiger partial charge >= 0.3 is 6.03 Å². The third kappa shape index (κ3) is 3.27. The van der Waals surface area contributed by atoms with Crippen molar-refractivity contribution in [1.29, 1.82) is 0 Å². The van der Waals surface area contributed by atoms with E-state index in [0.29, 0.717) is 28.0 Å². The normalized spacial score (nSPS) is 18.8. The predicted octanol–water partition coefficient (Wildman–Crippen LogP) is 2.11. The summed E-state index contributed by atoms with van der Waals surface area (Å²) in [4.78, 5) is 38.8. The summed E-state index contributed by atoms with van der Waals surface area (Å²) in [6.07, 6.45) is 0. The van der Waals surface area contributed by atoms with Gasteiger partial charge < -0.3 is 15.4 Å². The number of imide groups is 1. The lowest BCUT2D eigenvalue weighted by molar-refractivity contribution is -0.133. The van der Waals surface area contributed by atoms with Gasteiger partial charge in [-0.25, -0.2) is 4.79 Å². The molecule has 1 aliphatic rings. The van der Waals surface area contributed by atoms with Crippen LogP contribution in [0.3, 0.4) is 0 Å². The Labute approximate surface area is 170 Å². The number of rotatable bonds is 5. The van der Waals surface area contributed by atoms with E-state index in [9.17, 15) is 14.4 Å². The second-order valence-corrected chi connectivity index (χ2v) is 7.19. The molecule has 0 unspecified atom stereocenters. The van der Waals surface area contributed by atoms with Crippen LogP contribution in [0.1, 0.15) is 12.5 Å². The lowest BCUT2D eigenvalue weighted by atomic mass is 9.92. The van der Waals surface area contributed by atoms with Gasteiger partial charge in [0.05, 0.1) is 24.5 Å². The van der Waals surface area contributed by atoms with Crippen LogP contribution in [0.4, 0.5) is 10.5 Å². The molecular formula is C19H17N5O4S. The Bertz CT molecular complexity index is 1110. The average Bonchev–Trinajstić information content (AvgIpc) is 3.28. The number of fused-ring (bicyclic) bond motifs is 1. The molecule has 1 atom stereocenters. The zero-order chi connectivity index (χ0) is 20.6. The summed E-state index contributed by atoms with van der Waals surface area (Å²) >= 11 is 1.04. The lowest BCUT2D eigenvalue weighted by Crippen LogP contribution is -2.42. The molecule has 4 rings (SSSR count). The number of methoxy groups -OCH3 is 1. The van der Waals surface area contributed by atoms with E-state index in [1.807, 2.05) is 0 Å². The Morgan fingerprint density at radius 3 is 2.69 bits per heavy atom. The number of aromatic nitrogens is 2. The predicted molar refractivity (Wildman–Crippen MR) is 107 cm³/mol. The fourth-order valence-electron chi connectivity index (χ4n) is 3.20. The number of anilines is 1. The highest BCUT2D eigenvalue weighted by molar-refractivity contribution is 7.00. The van der Waals surface area contributed by atoms with Crippen LogP contribution in [0.15, 0.2) is 42.5 Å². The maximum atomic E-state index is 13.0. The van der Waals surface area contributed by atoms with Crippen LogP contribution in [0.5, 0.6) is 5.75 Å². The topological polar surface area (TPSA) is 114 Å². The van der Waals surface area contributed by atoms with E-state index >= 15 is 0 Å². The Morgan fingerprint density at radius 1 is 1.21 bits per heavy atom. The number of carbonyl (C=O) groups excluding carboxylic acids is 3. The van der Waals surface area contributed by atoms with Crippen molar-refractivity contribution in [3.05, 3.63) is 48.0 Å². The molecular weight excluding hydrogens is 394 g/mol. The summed E-state index contributed by atoms with van der Waals surface area (Å²) in [5.74, 6) is -0.375. The molecule has 148 valence electrons. The van der Waals surface area contributed by atoms with Gasteiger partial charge in [0.2, 0.25) is 5.91 Å². The van der Waals surface area contributed by atoms with Crippen molar-refractivity contribution >= 4 is 46.3 Å². The van der Waals surface area contributed by atoms with Crippen LogP contribution in [0, 0.1) is 0 Å². The Kier molecular flexibility index (Phi) is 4.63. The molecule has 2 aromatic carbocycles. The van der Waals surface area contributed by atoms with E-state index in [4.69, 9.17) is 4.74 Å². The van der Waals surface area contributed by atoms with Gasteiger partial charge in [0.15, 0.2) is 0 Å². The maximum Gasteiger partial charge on any atom is 0.325 e. The monoisotopic (exact) mass is 411 g/mol. The lowest BCUT2D eigenvalue weighted by Gasteiger charge is -2.22. The van der Waals surface area contributed by atoms with Gasteiger partial charge in [0.1, 0.15) is 28.9 Å². The van der Waals surface area contributed by atoms with Gasteiger partial charge in [-0.05, 0) is 36.8 Å². The average molecular weight is 411 g/mol. The van der Waals surface area contributed by atoms with Crippen molar-refractivity contribution in [2.24, 2.45) is 0 Å². The summed E-state index contributed by atoms with van der Waals surface area (Å²) in [5, 5.41) is 5.37. The molecule has 0 bridgehead atoms. The third-order valence-corrected chi connectivity index (χ3v) is 5.35. The van der Waals surface area contributed by atoms with E-state index in [2.05, 4.69) is 19.4 Å². The van der Waals surface area contributed by atoms with Gasteiger partial charge in [-0.3, -0.25) is 14.5 Å². The molecule has 1 aromatic heterocycles. The second kappa shape index (κ2) is 7.13. The highest BCUT2D eigenvalue weighted by Crippen LogP contribution is 2.30. The zero-order valence-electron chi connectivity index (χ0n) is 15.6. The number of benzene rings is 2. The summed E-state index contributed by atoms with van der Waals surface area (Å²) in [6, 6.07) is 11.4. The molecule has 10 heteroatoms. The van der Waals surface area contributed by atoms with Crippen molar-refractivity contribution in [2.45, 2.75) is 12.5 Å². The maximum absolute atomic E-state index is 13.0. The third-order valence-electron chi connectivity index (χ3n) is 4.80. The Morgan fingerprint density at radius 2 is 1.97 bits per heavy atom. The minimum atomic E-state index is -1.26. The SMILES string of the molecule is COc1ccc([C@@]2(C)NC(=O)N(CC(=O)Nc3cccc4nsnc34)C2=O)cc1. The molecule has 29 heavy (non-hydrogen) atoms. The number of nitrogens with zero attached hydrogens (tertiary/aromatic N) is 3. The van der Waals surface area contributed by atoms with Gasteiger partial charge in [0.25, 0.3) is 5.91 Å². The molecule has 0 radical (unpaired) electrons. The van der Waals surface area contributed by atoms with Gasteiger partial charge in [-0.1, -0.05) is 18.2 Å². The molecule has 1 aliphatic heterocycles. The number of amides is 4. The highest BCUT2D eigenvalue weighted by atomic mass is 32.1. The number of hydrogen-bond acceptors (Lipinski definition) is 7. The van der Waals surface area contributed by atoms with Crippen molar-refractivity contribution in [1.82, 2.24) is 19.0 Å². The summed E-state index contributed by atoms with van der Waals surface area (Å²) < 4.78 is 13.4. The molecule has 1 saturated heterocycles. The van der Waals surface area contributed by atoms with E-state index in [1.54, 1.807) is 56.5 Å². The fraction of sp³-hybridized carbons (Fsp3) is 0.211. The Hall–Kier alpha value is -3.53. The van der Waals surface area contributed by atoms with E-state index in [0.717, 1.165) is 16.6 Å². The fourth-order valence-corrected chi connectivity index (χ4v) is 3.75. The van der Waals surface area contributed by atoms with E-state index < -0.39 is 29.9 Å². The summed E-state index contributed by atoms with van der Waals surface area (Å²) in [6.45, 7) is 1.19. The van der Waals surface area contributed by atoms with Crippen molar-refractivity contribution in [3.63, 3.8) is 0 Å². The van der Waals surface area contributed by atoms with Crippen molar-refractivity contribution in [3.8, 4) is 5.75 Å². The van der Waals surface area contributed by atoms with Crippen LogP contribution in [0.2, 0.25) is 0 Å². The number of carbonyl (C=O) groups is 3. The smallest absolute Gasteiger partial charge is 0.325 e. The minimum Gasteiger partial charge on any atom is -0.497 e. The highest BCUT2D eigenvalue weighted by Gasteiger charge is 2.49.